The van der Waals surface area contributed by atoms with E-state index >= 15 is 0 Å². The van der Waals surface area contributed by atoms with Crippen molar-refractivity contribution in [2.75, 3.05) is 19.5 Å². The van der Waals surface area contributed by atoms with E-state index in [-0.39, 0.29) is 0 Å². The van der Waals surface area contributed by atoms with Gasteiger partial charge in [0.15, 0.2) is 11.5 Å². The fourth-order valence-corrected chi connectivity index (χ4v) is 2.12. The average molecular weight is 312 g/mol. The molecule has 0 saturated carbocycles. The third kappa shape index (κ3) is 3.50. The molecule has 0 radical (unpaired) electrons. The van der Waals surface area contributed by atoms with E-state index in [1.165, 1.54) is 0 Å². The van der Waals surface area contributed by atoms with Gasteiger partial charge in [0.25, 0.3) is 0 Å². The van der Waals surface area contributed by atoms with Crippen LogP contribution in [0.3, 0.4) is 0 Å². The van der Waals surface area contributed by atoms with Crippen molar-refractivity contribution in [3.8, 4) is 11.5 Å². The summed E-state index contributed by atoms with van der Waals surface area (Å²) in [5.74, 6) is 1.39. The Kier molecular flexibility index (Phi) is 4.99. The van der Waals surface area contributed by atoms with E-state index in [0.29, 0.717) is 28.1 Å². The largest absolute Gasteiger partial charge is 0.493 e. The third-order valence-corrected chi connectivity index (χ3v) is 3.60. The highest BCUT2D eigenvalue weighted by Crippen LogP contribution is 2.30. The van der Waals surface area contributed by atoms with Crippen LogP contribution in [0.1, 0.15) is 5.56 Å². The fourth-order valence-electron chi connectivity index (χ4n) is 1.80. The van der Waals surface area contributed by atoms with Crippen molar-refractivity contribution in [3.63, 3.8) is 0 Å². The highest BCUT2D eigenvalue weighted by molar-refractivity contribution is 6.42. The Hall–Kier alpha value is -1.58. The molecule has 0 bridgehead atoms. The van der Waals surface area contributed by atoms with Crippen molar-refractivity contribution in [2.24, 2.45) is 0 Å². The molecule has 1 N–H and O–H groups in total. The van der Waals surface area contributed by atoms with Crippen LogP contribution in [-0.2, 0) is 6.54 Å². The van der Waals surface area contributed by atoms with Crippen molar-refractivity contribution in [1.82, 2.24) is 0 Å². The van der Waals surface area contributed by atoms with Crippen LogP contribution in [0, 0.1) is 0 Å². The lowest BCUT2D eigenvalue weighted by atomic mass is 10.2. The molecule has 0 aliphatic heterocycles. The predicted molar refractivity (Wildman–Crippen MR) is 83.3 cm³/mol. The Labute approximate surface area is 128 Å². The quantitative estimate of drug-likeness (QED) is 0.873. The van der Waals surface area contributed by atoms with E-state index in [9.17, 15) is 0 Å². The number of methoxy groups -OCH3 is 2. The van der Waals surface area contributed by atoms with Crippen molar-refractivity contribution >= 4 is 28.9 Å². The van der Waals surface area contributed by atoms with Crippen LogP contribution in [0.15, 0.2) is 36.4 Å². The molecular weight excluding hydrogens is 297 g/mol. The third-order valence-electron chi connectivity index (χ3n) is 2.86. The molecule has 0 aromatic heterocycles. The van der Waals surface area contributed by atoms with Crippen LogP contribution in [-0.4, -0.2) is 14.2 Å². The molecule has 0 saturated heterocycles. The first kappa shape index (κ1) is 14.8. The van der Waals surface area contributed by atoms with Gasteiger partial charge in [-0.15, -0.1) is 0 Å². The summed E-state index contributed by atoms with van der Waals surface area (Å²) in [4.78, 5) is 0. The number of ether oxygens (including phenoxy) is 2. The molecule has 2 rings (SSSR count). The van der Waals surface area contributed by atoms with E-state index in [0.717, 1.165) is 11.3 Å². The molecule has 0 heterocycles. The summed E-state index contributed by atoms with van der Waals surface area (Å²) >= 11 is 11.9. The SMILES string of the molecule is COc1ccc(NCc2ccc(Cl)c(Cl)c2)cc1OC. The molecule has 20 heavy (non-hydrogen) atoms. The van der Waals surface area contributed by atoms with Gasteiger partial charge in [0.2, 0.25) is 0 Å². The highest BCUT2D eigenvalue weighted by Gasteiger charge is 2.05. The molecule has 106 valence electrons. The monoisotopic (exact) mass is 311 g/mol. The molecule has 0 fully saturated rings. The lowest BCUT2D eigenvalue weighted by molar-refractivity contribution is 0.355. The van der Waals surface area contributed by atoms with Crippen molar-refractivity contribution < 1.29 is 9.47 Å². The van der Waals surface area contributed by atoms with E-state index in [2.05, 4.69) is 5.32 Å². The number of nitrogens with one attached hydrogen (secondary N) is 1. The number of hydrogen-bond donors (Lipinski definition) is 1. The molecule has 2 aromatic carbocycles. The van der Waals surface area contributed by atoms with Crippen LogP contribution < -0.4 is 14.8 Å². The fraction of sp³-hybridized carbons (Fsp3) is 0.200. The molecule has 5 heteroatoms. The average Bonchev–Trinajstić information content (AvgIpc) is 2.48. The first-order valence-electron chi connectivity index (χ1n) is 6.04. The molecule has 0 spiro atoms. The van der Waals surface area contributed by atoms with Crippen LogP contribution in [0.2, 0.25) is 10.0 Å². The molecule has 3 nitrogen and oxygen atoms in total. The summed E-state index contributed by atoms with van der Waals surface area (Å²) < 4.78 is 10.5. The summed E-state index contributed by atoms with van der Waals surface area (Å²) in [5, 5.41) is 4.41. The van der Waals surface area contributed by atoms with E-state index in [4.69, 9.17) is 32.7 Å². The van der Waals surface area contributed by atoms with Crippen LogP contribution in [0.25, 0.3) is 0 Å². The second-order valence-corrected chi connectivity index (χ2v) is 4.99. The summed E-state index contributed by atoms with van der Waals surface area (Å²) in [6.07, 6.45) is 0. The van der Waals surface area contributed by atoms with Gasteiger partial charge in [0.05, 0.1) is 24.3 Å². The normalized spacial score (nSPS) is 10.2. The van der Waals surface area contributed by atoms with Crippen molar-refractivity contribution in [1.29, 1.82) is 0 Å². The zero-order chi connectivity index (χ0) is 14.5. The van der Waals surface area contributed by atoms with Gasteiger partial charge >= 0.3 is 0 Å². The van der Waals surface area contributed by atoms with E-state index < -0.39 is 0 Å². The van der Waals surface area contributed by atoms with Gasteiger partial charge in [-0.3, -0.25) is 0 Å². The van der Waals surface area contributed by atoms with Gasteiger partial charge in [-0.25, -0.2) is 0 Å². The van der Waals surface area contributed by atoms with Gasteiger partial charge in [-0.2, -0.15) is 0 Å². The van der Waals surface area contributed by atoms with E-state index in [1.807, 2.05) is 30.3 Å². The maximum atomic E-state index is 5.99. The Morgan fingerprint density at radius 2 is 1.65 bits per heavy atom. The summed E-state index contributed by atoms with van der Waals surface area (Å²) in [5.41, 5.74) is 1.99. The number of anilines is 1. The Morgan fingerprint density at radius 1 is 0.900 bits per heavy atom. The Morgan fingerprint density at radius 3 is 2.30 bits per heavy atom. The number of benzene rings is 2. The second kappa shape index (κ2) is 6.73. The molecule has 0 aliphatic carbocycles. The molecule has 2 aromatic rings. The van der Waals surface area contributed by atoms with Crippen LogP contribution >= 0.6 is 23.2 Å². The summed E-state index contributed by atoms with van der Waals surface area (Å²) in [6, 6.07) is 11.2. The van der Waals surface area contributed by atoms with Crippen molar-refractivity contribution in [3.05, 3.63) is 52.0 Å². The summed E-state index contributed by atoms with van der Waals surface area (Å²) in [6.45, 7) is 0.645. The summed E-state index contributed by atoms with van der Waals surface area (Å²) in [7, 11) is 3.22. The lowest BCUT2D eigenvalue weighted by Crippen LogP contribution is -2.00. The minimum absolute atomic E-state index is 0.554. The zero-order valence-electron chi connectivity index (χ0n) is 11.2. The minimum Gasteiger partial charge on any atom is -0.493 e. The van der Waals surface area contributed by atoms with Gasteiger partial charge in [-0.05, 0) is 29.8 Å². The van der Waals surface area contributed by atoms with Crippen LogP contribution in [0.5, 0.6) is 11.5 Å². The molecular formula is C15H15Cl2NO2. The van der Waals surface area contributed by atoms with Gasteiger partial charge < -0.3 is 14.8 Å². The van der Waals surface area contributed by atoms with Crippen LogP contribution in [0.4, 0.5) is 5.69 Å². The van der Waals surface area contributed by atoms with E-state index in [1.54, 1.807) is 20.3 Å². The highest BCUT2D eigenvalue weighted by atomic mass is 35.5. The predicted octanol–water partition coefficient (Wildman–Crippen LogP) is 4.62. The van der Waals surface area contributed by atoms with Gasteiger partial charge in [0, 0.05) is 18.3 Å². The Balaban J connectivity index is 2.08. The first-order valence-corrected chi connectivity index (χ1v) is 6.79. The van der Waals surface area contributed by atoms with Gasteiger partial charge in [0.1, 0.15) is 0 Å². The minimum atomic E-state index is 0.554. The standard InChI is InChI=1S/C15H15Cl2NO2/c1-19-14-6-4-11(8-15(14)20-2)18-9-10-3-5-12(16)13(17)7-10/h3-8,18H,9H2,1-2H3. The molecule has 0 amide bonds. The topological polar surface area (TPSA) is 30.5 Å². The number of halogens is 2. The Bertz CT molecular complexity index is 602. The molecule has 0 aliphatic rings. The first-order chi connectivity index (χ1) is 9.63. The maximum Gasteiger partial charge on any atom is 0.162 e. The molecule has 0 unspecified atom stereocenters. The van der Waals surface area contributed by atoms with Gasteiger partial charge in [-0.1, -0.05) is 29.3 Å². The number of rotatable bonds is 5. The molecule has 0 atom stereocenters. The second-order valence-electron chi connectivity index (χ2n) is 4.17. The van der Waals surface area contributed by atoms with Crippen molar-refractivity contribution in [2.45, 2.75) is 6.54 Å². The zero-order valence-corrected chi connectivity index (χ0v) is 12.8. The lowest BCUT2D eigenvalue weighted by Gasteiger charge is -2.11. The number of hydrogen-bond acceptors (Lipinski definition) is 3. The smallest absolute Gasteiger partial charge is 0.162 e. The maximum absolute atomic E-state index is 5.99.